The number of aromatic nitrogens is 3. The molecule has 1 aliphatic carbocycles. The molecule has 0 aliphatic heterocycles. The Balaban J connectivity index is 1.85. The molecule has 0 atom stereocenters. The quantitative estimate of drug-likeness (QED) is 0.758. The lowest BCUT2D eigenvalue weighted by Crippen LogP contribution is -2.13. The standard InChI is InChI=1S/C20H21N3O/c1-12-3-5-14(6-4-12)17-11-18(15-7-9-16(24)10-8-15)21-20-19(17)13(2)22-23-20/h3-6,11,15H,7-10H2,1-2H3,(H,21,22,23). The second-order valence-corrected chi connectivity index (χ2v) is 6.82. The molecule has 4 nitrogen and oxygen atoms in total. The normalized spacial score (nSPS) is 16.0. The number of fused-ring (bicyclic) bond motifs is 1. The molecule has 1 N–H and O–H groups in total. The Morgan fingerprint density at radius 2 is 1.79 bits per heavy atom. The smallest absolute Gasteiger partial charge is 0.182 e. The predicted molar refractivity (Wildman–Crippen MR) is 95.0 cm³/mol. The summed E-state index contributed by atoms with van der Waals surface area (Å²) < 4.78 is 0. The Hall–Kier alpha value is -2.49. The number of nitrogens with zero attached hydrogens (tertiary/aromatic N) is 2. The number of aromatic amines is 1. The van der Waals surface area contributed by atoms with Crippen LogP contribution in [0.2, 0.25) is 0 Å². The van der Waals surface area contributed by atoms with Crippen LogP contribution in [-0.4, -0.2) is 21.0 Å². The second-order valence-electron chi connectivity index (χ2n) is 6.82. The van der Waals surface area contributed by atoms with Crippen LogP contribution in [0.15, 0.2) is 30.3 Å². The van der Waals surface area contributed by atoms with Crippen molar-refractivity contribution >= 4 is 16.8 Å². The first-order valence-corrected chi connectivity index (χ1v) is 8.56. The van der Waals surface area contributed by atoms with Gasteiger partial charge in [0.2, 0.25) is 0 Å². The van der Waals surface area contributed by atoms with Crippen molar-refractivity contribution in [1.29, 1.82) is 0 Å². The van der Waals surface area contributed by atoms with E-state index in [-0.39, 0.29) is 0 Å². The molecule has 24 heavy (non-hydrogen) atoms. The summed E-state index contributed by atoms with van der Waals surface area (Å²) in [5.41, 5.74) is 6.50. The molecule has 0 bridgehead atoms. The van der Waals surface area contributed by atoms with E-state index in [4.69, 9.17) is 4.98 Å². The van der Waals surface area contributed by atoms with Crippen molar-refractivity contribution in [2.45, 2.75) is 45.4 Å². The lowest BCUT2D eigenvalue weighted by molar-refractivity contribution is -0.120. The van der Waals surface area contributed by atoms with Crippen molar-refractivity contribution in [3.63, 3.8) is 0 Å². The molecular weight excluding hydrogens is 298 g/mol. The van der Waals surface area contributed by atoms with Crippen LogP contribution in [0.25, 0.3) is 22.2 Å². The first-order chi connectivity index (χ1) is 11.6. The van der Waals surface area contributed by atoms with Gasteiger partial charge in [-0.05, 0) is 43.9 Å². The van der Waals surface area contributed by atoms with Gasteiger partial charge in [0.1, 0.15) is 5.78 Å². The van der Waals surface area contributed by atoms with Crippen molar-refractivity contribution in [2.75, 3.05) is 0 Å². The maximum Gasteiger partial charge on any atom is 0.182 e. The third-order valence-corrected chi connectivity index (χ3v) is 5.05. The SMILES string of the molecule is Cc1ccc(-c2cc(C3CCC(=O)CC3)nc3n[nH]c(C)c23)cc1. The highest BCUT2D eigenvalue weighted by atomic mass is 16.1. The van der Waals surface area contributed by atoms with Crippen molar-refractivity contribution < 1.29 is 4.79 Å². The predicted octanol–water partition coefficient (Wildman–Crippen LogP) is 4.47. The van der Waals surface area contributed by atoms with Gasteiger partial charge < -0.3 is 0 Å². The second kappa shape index (κ2) is 5.86. The minimum atomic E-state index is 0.355. The molecular formula is C20H21N3O. The molecule has 0 spiro atoms. The number of carbonyl (C=O) groups is 1. The number of ketones is 1. The van der Waals surface area contributed by atoms with E-state index in [1.54, 1.807) is 0 Å². The van der Waals surface area contributed by atoms with Gasteiger partial charge in [-0.1, -0.05) is 29.8 Å². The van der Waals surface area contributed by atoms with Gasteiger partial charge in [-0.2, -0.15) is 5.10 Å². The molecule has 4 heteroatoms. The van der Waals surface area contributed by atoms with Crippen LogP contribution >= 0.6 is 0 Å². The van der Waals surface area contributed by atoms with E-state index < -0.39 is 0 Å². The number of Topliss-reactive ketones (excluding diaryl/α,β-unsaturated/α-hetero) is 1. The summed E-state index contributed by atoms with van der Waals surface area (Å²) in [7, 11) is 0. The van der Waals surface area contributed by atoms with Gasteiger partial charge in [0.05, 0.1) is 0 Å². The topological polar surface area (TPSA) is 58.6 Å². The number of benzene rings is 1. The molecule has 2 aromatic heterocycles. The summed E-state index contributed by atoms with van der Waals surface area (Å²) in [5.74, 6) is 0.731. The molecule has 122 valence electrons. The van der Waals surface area contributed by atoms with Crippen molar-refractivity contribution in [3.8, 4) is 11.1 Å². The number of hydrogen-bond acceptors (Lipinski definition) is 3. The minimum Gasteiger partial charge on any atom is -0.300 e. The summed E-state index contributed by atoms with van der Waals surface area (Å²) in [6, 6.07) is 10.8. The fraction of sp³-hybridized carbons (Fsp3) is 0.350. The van der Waals surface area contributed by atoms with Gasteiger partial charge in [0, 0.05) is 35.5 Å². The molecule has 1 aromatic carbocycles. The minimum absolute atomic E-state index is 0.355. The van der Waals surface area contributed by atoms with Crippen LogP contribution in [0.3, 0.4) is 0 Å². The van der Waals surface area contributed by atoms with E-state index in [0.717, 1.165) is 35.3 Å². The fourth-order valence-corrected chi connectivity index (χ4v) is 3.60. The number of H-pyrrole nitrogens is 1. The summed E-state index contributed by atoms with van der Waals surface area (Å²) in [5, 5.41) is 8.55. The van der Waals surface area contributed by atoms with Gasteiger partial charge in [-0.15, -0.1) is 0 Å². The van der Waals surface area contributed by atoms with Crippen molar-refractivity contribution in [3.05, 3.63) is 47.3 Å². The van der Waals surface area contributed by atoms with E-state index in [9.17, 15) is 4.79 Å². The molecule has 1 fully saturated rings. The molecule has 1 saturated carbocycles. The Kier molecular flexibility index (Phi) is 3.68. The van der Waals surface area contributed by atoms with Crippen LogP contribution in [0, 0.1) is 13.8 Å². The Labute approximate surface area is 141 Å². The van der Waals surface area contributed by atoms with Crippen LogP contribution in [0.4, 0.5) is 0 Å². The number of rotatable bonds is 2. The fourth-order valence-electron chi connectivity index (χ4n) is 3.60. The zero-order valence-electron chi connectivity index (χ0n) is 14.1. The highest BCUT2D eigenvalue weighted by Crippen LogP contribution is 2.36. The van der Waals surface area contributed by atoms with Crippen LogP contribution in [0.1, 0.15) is 48.6 Å². The molecule has 0 radical (unpaired) electrons. The van der Waals surface area contributed by atoms with Gasteiger partial charge >= 0.3 is 0 Å². The lowest BCUT2D eigenvalue weighted by Gasteiger charge is -2.21. The summed E-state index contributed by atoms with van der Waals surface area (Å²) in [6.07, 6.45) is 3.13. The molecule has 2 heterocycles. The number of hydrogen-bond donors (Lipinski definition) is 1. The van der Waals surface area contributed by atoms with E-state index in [1.807, 2.05) is 6.92 Å². The summed E-state index contributed by atoms with van der Waals surface area (Å²) in [6.45, 7) is 4.13. The summed E-state index contributed by atoms with van der Waals surface area (Å²) in [4.78, 5) is 16.3. The van der Waals surface area contributed by atoms with Gasteiger partial charge in [0.25, 0.3) is 0 Å². The molecule has 3 aromatic rings. The molecule has 1 aliphatic rings. The number of nitrogens with one attached hydrogen (secondary N) is 1. The third-order valence-electron chi connectivity index (χ3n) is 5.05. The average molecular weight is 319 g/mol. The van der Waals surface area contributed by atoms with Crippen LogP contribution in [0.5, 0.6) is 0 Å². The van der Waals surface area contributed by atoms with Gasteiger partial charge in [-0.3, -0.25) is 9.89 Å². The first-order valence-electron chi connectivity index (χ1n) is 8.56. The Morgan fingerprint density at radius 3 is 2.50 bits per heavy atom. The average Bonchev–Trinajstić information content (AvgIpc) is 2.97. The van der Waals surface area contributed by atoms with Gasteiger partial charge in [-0.25, -0.2) is 4.98 Å². The third kappa shape index (κ3) is 2.62. The Bertz CT molecular complexity index is 899. The van der Waals surface area contributed by atoms with E-state index in [1.165, 1.54) is 16.7 Å². The van der Waals surface area contributed by atoms with Crippen LogP contribution in [-0.2, 0) is 4.79 Å². The number of carbonyl (C=O) groups excluding carboxylic acids is 1. The molecule has 4 rings (SSSR count). The summed E-state index contributed by atoms with van der Waals surface area (Å²) >= 11 is 0. The molecule has 0 unspecified atom stereocenters. The molecule has 0 saturated heterocycles. The monoisotopic (exact) mass is 319 g/mol. The van der Waals surface area contributed by atoms with E-state index >= 15 is 0 Å². The van der Waals surface area contributed by atoms with Crippen molar-refractivity contribution in [1.82, 2.24) is 15.2 Å². The van der Waals surface area contributed by atoms with E-state index in [0.29, 0.717) is 24.5 Å². The maximum atomic E-state index is 11.5. The first kappa shape index (κ1) is 15.1. The number of aryl methyl sites for hydroxylation is 2. The highest BCUT2D eigenvalue weighted by Gasteiger charge is 2.23. The zero-order chi connectivity index (χ0) is 16.7. The van der Waals surface area contributed by atoms with E-state index in [2.05, 4.69) is 47.5 Å². The van der Waals surface area contributed by atoms with Crippen molar-refractivity contribution in [2.24, 2.45) is 0 Å². The van der Waals surface area contributed by atoms with Gasteiger partial charge in [0.15, 0.2) is 5.65 Å². The highest BCUT2D eigenvalue weighted by molar-refractivity contribution is 5.94. The molecule has 0 amide bonds. The zero-order valence-corrected chi connectivity index (χ0v) is 14.1. The lowest BCUT2D eigenvalue weighted by atomic mass is 9.85. The maximum absolute atomic E-state index is 11.5. The van der Waals surface area contributed by atoms with Crippen LogP contribution < -0.4 is 0 Å². The Morgan fingerprint density at radius 1 is 1.08 bits per heavy atom. The number of pyridine rings is 1. The largest absolute Gasteiger partial charge is 0.300 e.